The fourth-order valence-corrected chi connectivity index (χ4v) is 2.50. The van der Waals surface area contributed by atoms with E-state index in [0.29, 0.717) is 16.7 Å². The number of hydrogen-bond acceptors (Lipinski definition) is 5. The second-order valence-corrected chi connectivity index (χ2v) is 5.45. The first kappa shape index (κ1) is 17.5. The number of esters is 1. The molecule has 0 atom stereocenters. The molecular formula is C17H10F3NO5. The van der Waals surface area contributed by atoms with E-state index >= 15 is 0 Å². The van der Waals surface area contributed by atoms with Crippen molar-refractivity contribution in [3.05, 3.63) is 68.8 Å². The number of non-ortho nitro benzene ring substituents is 1. The number of fused-ring (bicyclic) bond motifs is 1. The molecule has 2 aromatic rings. The number of alkyl halides is 3. The summed E-state index contributed by atoms with van der Waals surface area (Å²) in [5.41, 5.74) is 1.15. The minimum Gasteiger partial charge on any atom is -0.422 e. The zero-order valence-electron chi connectivity index (χ0n) is 13.2. The second-order valence-electron chi connectivity index (χ2n) is 5.45. The van der Waals surface area contributed by atoms with Gasteiger partial charge >= 0.3 is 12.3 Å². The summed E-state index contributed by atoms with van der Waals surface area (Å²) >= 11 is 0. The van der Waals surface area contributed by atoms with Crippen LogP contribution < -0.4 is 4.74 Å². The highest BCUT2D eigenvalue weighted by Crippen LogP contribution is 2.34. The van der Waals surface area contributed by atoms with Crippen LogP contribution >= 0.6 is 0 Å². The zero-order chi connectivity index (χ0) is 19.1. The summed E-state index contributed by atoms with van der Waals surface area (Å²) in [5, 5.41) is 10.8. The maximum atomic E-state index is 12.3. The maximum Gasteiger partial charge on any atom is 0.573 e. The molecule has 134 valence electrons. The van der Waals surface area contributed by atoms with Gasteiger partial charge in [0, 0.05) is 17.7 Å². The van der Waals surface area contributed by atoms with E-state index in [9.17, 15) is 28.1 Å². The molecule has 0 aromatic heterocycles. The lowest BCUT2D eigenvalue weighted by molar-refractivity contribution is -0.384. The quantitative estimate of drug-likeness (QED) is 0.456. The summed E-state index contributed by atoms with van der Waals surface area (Å²) in [4.78, 5) is 22.1. The number of ether oxygens (including phenoxy) is 2. The Balaban J connectivity index is 1.95. The smallest absolute Gasteiger partial charge is 0.422 e. The third-order valence-electron chi connectivity index (χ3n) is 3.66. The van der Waals surface area contributed by atoms with Crippen LogP contribution in [0.1, 0.15) is 27.0 Å². The molecule has 1 heterocycles. The Morgan fingerprint density at radius 2 is 1.88 bits per heavy atom. The van der Waals surface area contributed by atoms with Gasteiger partial charge in [0.25, 0.3) is 5.69 Å². The number of halogens is 3. The Morgan fingerprint density at radius 3 is 2.50 bits per heavy atom. The summed E-state index contributed by atoms with van der Waals surface area (Å²) in [6, 6.07) is 7.47. The number of cyclic esters (lactones) is 1. The van der Waals surface area contributed by atoms with E-state index < -0.39 is 17.3 Å². The van der Waals surface area contributed by atoms with Crippen molar-refractivity contribution in [1.29, 1.82) is 0 Å². The molecule has 0 unspecified atom stereocenters. The average molecular weight is 365 g/mol. The van der Waals surface area contributed by atoms with E-state index in [1.807, 2.05) is 0 Å². The van der Waals surface area contributed by atoms with Gasteiger partial charge in [-0.3, -0.25) is 10.1 Å². The van der Waals surface area contributed by atoms with Crippen LogP contribution in [0.4, 0.5) is 18.9 Å². The lowest BCUT2D eigenvalue weighted by Gasteiger charge is -2.10. The summed E-state index contributed by atoms with van der Waals surface area (Å²) in [6.07, 6.45) is -3.32. The van der Waals surface area contributed by atoms with Gasteiger partial charge < -0.3 is 9.47 Å². The van der Waals surface area contributed by atoms with E-state index in [2.05, 4.69) is 4.74 Å². The Labute approximate surface area is 144 Å². The topological polar surface area (TPSA) is 78.7 Å². The van der Waals surface area contributed by atoms with Crippen molar-refractivity contribution in [3.8, 4) is 5.75 Å². The van der Waals surface area contributed by atoms with Crippen LogP contribution in [0.25, 0.3) is 11.8 Å². The molecule has 6 nitrogen and oxygen atoms in total. The number of rotatable bonds is 3. The van der Waals surface area contributed by atoms with Gasteiger partial charge in [0.15, 0.2) is 0 Å². The van der Waals surface area contributed by atoms with Crippen molar-refractivity contribution >= 4 is 23.5 Å². The zero-order valence-corrected chi connectivity index (χ0v) is 13.2. The number of carbonyl (C=O) groups excluding carboxylic acids is 1. The Bertz CT molecular complexity index is 950. The van der Waals surface area contributed by atoms with Crippen molar-refractivity contribution in [3.63, 3.8) is 0 Å². The molecule has 1 aliphatic rings. The molecule has 0 amide bonds. The van der Waals surface area contributed by atoms with Crippen LogP contribution in [0.2, 0.25) is 0 Å². The average Bonchev–Trinajstić information content (AvgIpc) is 2.84. The number of benzene rings is 2. The van der Waals surface area contributed by atoms with Gasteiger partial charge in [-0.05, 0) is 42.3 Å². The molecule has 0 bridgehead atoms. The number of hydrogen-bond donors (Lipinski definition) is 0. The molecular weight excluding hydrogens is 355 g/mol. The molecule has 0 fully saturated rings. The third kappa shape index (κ3) is 3.51. The first-order valence-corrected chi connectivity index (χ1v) is 7.23. The second kappa shape index (κ2) is 6.17. The fraction of sp³-hybridized carbons (Fsp3) is 0.118. The largest absolute Gasteiger partial charge is 0.573 e. The molecule has 0 spiro atoms. The first-order chi connectivity index (χ1) is 12.1. The van der Waals surface area contributed by atoms with Crippen LogP contribution in [-0.2, 0) is 4.74 Å². The molecule has 0 aliphatic carbocycles. The predicted molar refractivity (Wildman–Crippen MR) is 84.2 cm³/mol. The summed E-state index contributed by atoms with van der Waals surface area (Å²) < 4.78 is 45.7. The van der Waals surface area contributed by atoms with Crippen LogP contribution in [0, 0.1) is 17.0 Å². The molecule has 0 N–H and O–H groups in total. The van der Waals surface area contributed by atoms with Crippen molar-refractivity contribution in [2.45, 2.75) is 13.3 Å². The Hall–Kier alpha value is -3.36. The van der Waals surface area contributed by atoms with Crippen LogP contribution in [0.3, 0.4) is 0 Å². The minimum atomic E-state index is -4.79. The van der Waals surface area contributed by atoms with Gasteiger partial charge in [-0.15, -0.1) is 13.2 Å². The normalized spacial score (nSPS) is 14.9. The monoisotopic (exact) mass is 365 g/mol. The van der Waals surface area contributed by atoms with E-state index in [1.165, 1.54) is 30.3 Å². The Kier molecular flexibility index (Phi) is 4.15. The van der Waals surface area contributed by atoms with Crippen LogP contribution in [-0.4, -0.2) is 17.3 Å². The number of carbonyl (C=O) groups is 1. The summed E-state index contributed by atoms with van der Waals surface area (Å²) in [7, 11) is 0. The van der Waals surface area contributed by atoms with Crippen LogP contribution in [0.15, 0.2) is 36.4 Å². The number of nitro benzene ring substituents is 1. The number of nitrogens with zero attached hydrogens (tertiary/aromatic N) is 1. The fourth-order valence-electron chi connectivity index (χ4n) is 2.50. The van der Waals surface area contributed by atoms with Crippen molar-refractivity contribution in [2.24, 2.45) is 0 Å². The maximum absolute atomic E-state index is 12.3. The Morgan fingerprint density at radius 1 is 1.15 bits per heavy atom. The lowest BCUT2D eigenvalue weighted by Crippen LogP contribution is -2.17. The van der Waals surface area contributed by atoms with Gasteiger partial charge in [-0.1, -0.05) is 6.07 Å². The van der Waals surface area contributed by atoms with Crippen LogP contribution in [0.5, 0.6) is 5.75 Å². The van der Waals surface area contributed by atoms with Gasteiger partial charge in [0.2, 0.25) is 0 Å². The van der Waals surface area contributed by atoms with Crippen molar-refractivity contribution in [2.75, 3.05) is 0 Å². The highest BCUT2D eigenvalue weighted by atomic mass is 19.4. The SMILES string of the molecule is Cc1cc(OC(F)(F)F)ccc1/C=C1\OC(=O)c2cc([N+](=O)[O-])ccc21. The third-order valence-corrected chi connectivity index (χ3v) is 3.66. The molecule has 26 heavy (non-hydrogen) atoms. The molecule has 0 saturated carbocycles. The van der Waals surface area contributed by atoms with Gasteiger partial charge in [0.05, 0.1) is 10.5 Å². The number of nitro groups is 1. The lowest BCUT2D eigenvalue weighted by atomic mass is 10.0. The molecule has 1 aliphatic heterocycles. The number of aryl methyl sites for hydroxylation is 1. The highest BCUT2D eigenvalue weighted by molar-refractivity contribution is 6.06. The minimum absolute atomic E-state index is 0.0557. The van der Waals surface area contributed by atoms with Crippen molar-refractivity contribution in [1.82, 2.24) is 0 Å². The molecule has 9 heteroatoms. The van der Waals surface area contributed by atoms with E-state index in [1.54, 1.807) is 6.92 Å². The molecule has 0 saturated heterocycles. The predicted octanol–water partition coefficient (Wildman–Crippen LogP) is 4.47. The van der Waals surface area contributed by atoms with E-state index in [-0.39, 0.29) is 22.8 Å². The molecule has 3 rings (SSSR count). The van der Waals surface area contributed by atoms with Gasteiger partial charge in [0.1, 0.15) is 11.5 Å². The standard InChI is InChI=1S/C17H10F3NO5/c1-9-6-12(26-17(18,19)20)4-2-10(9)7-15-13-5-3-11(21(23)24)8-14(13)16(22)25-15/h2-8H,1H3/b15-7-. The first-order valence-electron chi connectivity index (χ1n) is 7.23. The molecule has 2 aromatic carbocycles. The molecule has 0 radical (unpaired) electrons. The summed E-state index contributed by atoms with van der Waals surface area (Å²) in [6.45, 7) is 1.57. The van der Waals surface area contributed by atoms with Gasteiger partial charge in [-0.2, -0.15) is 0 Å². The van der Waals surface area contributed by atoms with E-state index in [0.717, 1.165) is 12.1 Å². The highest BCUT2D eigenvalue weighted by Gasteiger charge is 2.31. The van der Waals surface area contributed by atoms with Gasteiger partial charge in [-0.25, -0.2) is 4.79 Å². The van der Waals surface area contributed by atoms with E-state index in [4.69, 9.17) is 4.74 Å². The van der Waals surface area contributed by atoms with Crippen molar-refractivity contribution < 1.29 is 32.4 Å². The summed E-state index contributed by atoms with van der Waals surface area (Å²) in [5.74, 6) is -0.936.